The normalized spacial score (nSPS) is 14.3. The van der Waals surface area contributed by atoms with Gasteiger partial charge in [0, 0.05) is 51.6 Å². The third-order valence-electron chi connectivity index (χ3n) is 7.56. The molecule has 194 valence electrons. The van der Waals surface area contributed by atoms with Gasteiger partial charge in [-0.05, 0) is 54.5 Å². The molecule has 0 unspecified atom stereocenters. The zero-order chi connectivity index (χ0) is 26.2. The van der Waals surface area contributed by atoms with Gasteiger partial charge in [0.05, 0.1) is 40.7 Å². The van der Waals surface area contributed by atoms with Crippen molar-refractivity contribution in [2.75, 3.05) is 5.32 Å². The average molecular weight is 534 g/mol. The maximum absolute atomic E-state index is 12.7. The summed E-state index contributed by atoms with van der Waals surface area (Å²) in [5.41, 5.74) is 7.90. The van der Waals surface area contributed by atoms with E-state index in [4.69, 9.17) is 0 Å². The minimum absolute atomic E-state index is 0.0523. The summed E-state index contributed by atoms with van der Waals surface area (Å²) in [6.45, 7) is 0. The molecule has 0 saturated heterocycles. The fourth-order valence-corrected chi connectivity index (χ4v) is 6.24. The molecule has 1 aliphatic carbocycles. The first-order valence-electron chi connectivity index (χ1n) is 13.3. The van der Waals surface area contributed by atoms with Gasteiger partial charge in [0.2, 0.25) is 5.91 Å². The summed E-state index contributed by atoms with van der Waals surface area (Å²) >= 11 is 1.66. The Bertz CT molecular complexity index is 1780. The Morgan fingerprint density at radius 2 is 1.85 bits per heavy atom. The third-order valence-corrected chi connectivity index (χ3v) is 8.24. The van der Waals surface area contributed by atoms with Crippen LogP contribution in [0.1, 0.15) is 38.5 Å². The number of aromatic nitrogens is 6. The second-order valence-corrected chi connectivity index (χ2v) is 11.0. The number of carbonyl (C=O) groups is 1. The van der Waals surface area contributed by atoms with Gasteiger partial charge in [-0.3, -0.25) is 24.8 Å². The largest absolute Gasteiger partial charge is 0.353 e. The summed E-state index contributed by atoms with van der Waals surface area (Å²) in [6.07, 6.45) is 13.7. The number of hydrogen-bond donors (Lipinski definition) is 3. The lowest BCUT2D eigenvalue weighted by atomic mass is 9.87. The van der Waals surface area contributed by atoms with Crippen molar-refractivity contribution in [1.82, 2.24) is 30.1 Å². The van der Waals surface area contributed by atoms with Gasteiger partial charge in [0.1, 0.15) is 5.69 Å². The van der Waals surface area contributed by atoms with Crippen molar-refractivity contribution in [2.45, 2.75) is 38.5 Å². The highest BCUT2D eigenvalue weighted by Crippen LogP contribution is 2.34. The van der Waals surface area contributed by atoms with Crippen molar-refractivity contribution in [3.8, 4) is 33.9 Å². The summed E-state index contributed by atoms with van der Waals surface area (Å²) in [7, 11) is 0. The first kappa shape index (κ1) is 23.7. The van der Waals surface area contributed by atoms with Crippen LogP contribution in [0.25, 0.3) is 55.7 Å². The minimum Gasteiger partial charge on any atom is -0.353 e. The molecule has 1 amide bonds. The standard InChI is InChI=1S/C30H27N7OS/c38-28(10-18-4-2-1-3-5-18)34-21-11-20(14-31-15-21)25-12-23-27(16-33-25)36-37-30(23)26-13-22-24(35-26)6-8-32-29(22)19-7-9-39-17-19/h6-9,11-18,35H,1-5,10H2,(H,34,38)(H,36,37). The summed E-state index contributed by atoms with van der Waals surface area (Å²) in [5.74, 6) is 0.539. The van der Waals surface area contributed by atoms with Gasteiger partial charge in [-0.2, -0.15) is 16.4 Å². The molecule has 0 atom stereocenters. The molecule has 6 heterocycles. The van der Waals surface area contributed by atoms with Crippen LogP contribution in [0.4, 0.5) is 5.69 Å². The number of hydrogen-bond acceptors (Lipinski definition) is 6. The van der Waals surface area contributed by atoms with Gasteiger partial charge in [-0.25, -0.2) is 0 Å². The predicted octanol–water partition coefficient (Wildman–Crippen LogP) is 7.20. The van der Waals surface area contributed by atoms with Crippen LogP contribution in [0.3, 0.4) is 0 Å². The number of rotatable bonds is 6. The van der Waals surface area contributed by atoms with Crippen LogP contribution in [0.5, 0.6) is 0 Å². The fourth-order valence-electron chi connectivity index (χ4n) is 5.60. The predicted molar refractivity (Wildman–Crippen MR) is 155 cm³/mol. The molecule has 0 aromatic carbocycles. The average Bonchev–Trinajstić information content (AvgIpc) is 3.73. The quantitative estimate of drug-likeness (QED) is 0.210. The number of thiophene rings is 1. The number of anilines is 1. The SMILES string of the molecule is O=C(CC1CCCCC1)Nc1cncc(-c2cc3c(-c4cc5c(-c6ccsc6)nccc5[nH]4)n[nH]c3cn2)c1. The first-order chi connectivity index (χ1) is 19.2. The highest BCUT2D eigenvalue weighted by molar-refractivity contribution is 7.08. The lowest BCUT2D eigenvalue weighted by Gasteiger charge is -2.20. The number of carbonyl (C=O) groups excluding carboxylic acids is 1. The van der Waals surface area contributed by atoms with Crippen molar-refractivity contribution in [3.05, 3.63) is 65.9 Å². The van der Waals surface area contributed by atoms with Gasteiger partial charge in [0.15, 0.2) is 0 Å². The van der Waals surface area contributed by atoms with E-state index in [2.05, 4.69) is 58.3 Å². The monoisotopic (exact) mass is 533 g/mol. The second kappa shape index (κ2) is 10.1. The van der Waals surface area contributed by atoms with Gasteiger partial charge >= 0.3 is 0 Å². The van der Waals surface area contributed by atoms with E-state index in [0.29, 0.717) is 18.0 Å². The molecule has 3 N–H and O–H groups in total. The molecule has 7 rings (SSSR count). The fraction of sp³-hybridized carbons (Fsp3) is 0.233. The highest BCUT2D eigenvalue weighted by atomic mass is 32.1. The van der Waals surface area contributed by atoms with E-state index in [1.807, 2.05) is 24.4 Å². The molecule has 0 bridgehead atoms. The molecule has 1 saturated carbocycles. The third kappa shape index (κ3) is 4.70. The first-order valence-corrected chi connectivity index (χ1v) is 14.3. The molecule has 8 nitrogen and oxygen atoms in total. The molecule has 1 fully saturated rings. The van der Waals surface area contributed by atoms with Crippen LogP contribution in [0.15, 0.2) is 65.9 Å². The van der Waals surface area contributed by atoms with E-state index in [-0.39, 0.29) is 5.91 Å². The number of pyridine rings is 3. The van der Waals surface area contributed by atoms with Crippen LogP contribution in [0.2, 0.25) is 0 Å². The van der Waals surface area contributed by atoms with Gasteiger partial charge < -0.3 is 10.3 Å². The zero-order valence-electron chi connectivity index (χ0n) is 21.3. The summed E-state index contributed by atoms with van der Waals surface area (Å²) < 4.78 is 0. The van der Waals surface area contributed by atoms with E-state index in [1.165, 1.54) is 19.3 Å². The molecule has 6 aromatic rings. The van der Waals surface area contributed by atoms with E-state index in [9.17, 15) is 4.79 Å². The van der Waals surface area contributed by atoms with Gasteiger partial charge in [-0.1, -0.05) is 19.3 Å². The number of nitrogens with zero attached hydrogens (tertiary/aromatic N) is 4. The Kier molecular flexibility index (Phi) is 6.13. The molecule has 39 heavy (non-hydrogen) atoms. The van der Waals surface area contributed by atoms with Crippen LogP contribution >= 0.6 is 11.3 Å². The minimum atomic E-state index is 0.0523. The summed E-state index contributed by atoms with van der Waals surface area (Å²) in [5, 5.41) is 16.9. The lowest BCUT2D eigenvalue weighted by Crippen LogP contribution is -2.18. The Morgan fingerprint density at radius 3 is 2.72 bits per heavy atom. The van der Waals surface area contributed by atoms with Crippen LogP contribution in [-0.4, -0.2) is 36.0 Å². The number of H-pyrrole nitrogens is 2. The Hall–Kier alpha value is -4.37. The van der Waals surface area contributed by atoms with Crippen molar-refractivity contribution in [2.24, 2.45) is 5.92 Å². The smallest absolute Gasteiger partial charge is 0.224 e. The Balaban J connectivity index is 1.19. The van der Waals surface area contributed by atoms with Crippen molar-refractivity contribution >= 4 is 44.7 Å². The number of aromatic amines is 2. The molecular weight excluding hydrogens is 506 g/mol. The van der Waals surface area contributed by atoms with Crippen molar-refractivity contribution < 1.29 is 4.79 Å². The maximum Gasteiger partial charge on any atom is 0.224 e. The van der Waals surface area contributed by atoms with Crippen LogP contribution in [0, 0.1) is 5.92 Å². The Labute approximate surface area is 228 Å². The number of fused-ring (bicyclic) bond motifs is 2. The molecular formula is C30H27N7OS. The lowest BCUT2D eigenvalue weighted by molar-refractivity contribution is -0.117. The topological polar surface area (TPSA) is 112 Å². The van der Waals surface area contributed by atoms with E-state index in [1.54, 1.807) is 29.9 Å². The summed E-state index contributed by atoms with van der Waals surface area (Å²) in [4.78, 5) is 29.8. The van der Waals surface area contributed by atoms with Crippen molar-refractivity contribution in [3.63, 3.8) is 0 Å². The van der Waals surface area contributed by atoms with Crippen molar-refractivity contribution in [1.29, 1.82) is 0 Å². The maximum atomic E-state index is 12.7. The molecule has 1 aliphatic rings. The molecule has 6 aromatic heterocycles. The van der Waals surface area contributed by atoms with Crippen LogP contribution < -0.4 is 5.32 Å². The molecule has 0 spiro atoms. The molecule has 0 aliphatic heterocycles. The number of amides is 1. The van der Waals surface area contributed by atoms with E-state index in [0.717, 1.165) is 68.6 Å². The Morgan fingerprint density at radius 1 is 0.949 bits per heavy atom. The molecule has 9 heteroatoms. The van der Waals surface area contributed by atoms with Crippen LogP contribution in [-0.2, 0) is 4.79 Å². The van der Waals surface area contributed by atoms with Gasteiger partial charge in [0.25, 0.3) is 0 Å². The number of nitrogens with one attached hydrogen (secondary N) is 3. The zero-order valence-corrected chi connectivity index (χ0v) is 22.1. The van der Waals surface area contributed by atoms with E-state index < -0.39 is 0 Å². The summed E-state index contributed by atoms with van der Waals surface area (Å²) in [6, 6.07) is 10.1. The van der Waals surface area contributed by atoms with E-state index >= 15 is 0 Å². The highest BCUT2D eigenvalue weighted by Gasteiger charge is 2.18. The second-order valence-electron chi connectivity index (χ2n) is 10.2. The molecule has 0 radical (unpaired) electrons. The van der Waals surface area contributed by atoms with Gasteiger partial charge in [-0.15, -0.1) is 0 Å².